The zero-order valence-electron chi connectivity index (χ0n) is 6.68. The van der Waals surface area contributed by atoms with Gasteiger partial charge < -0.3 is 9.64 Å². The minimum absolute atomic E-state index is 0.480. The van der Waals surface area contributed by atoms with Gasteiger partial charge in [-0.05, 0) is 26.8 Å². The Balaban J connectivity index is 2.13. The predicted molar refractivity (Wildman–Crippen MR) is 41.8 cm³/mol. The molecule has 10 heavy (non-hydrogen) atoms. The maximum absolute atomic E-state index is 5.39. The topological polar surface area (TPSA) is 12.5 Å². The van der Waals surface area contributed by atoms with Gasteiger partial charge in [0.2, 0.25) is 0 Å². The molecule has 59 valence electrons. The highest BCUT2D eigenvalue weighted by molar-refractivity contribution is 4.69. The number of hydrogen-bond acceptors (Lipinski definition) is 2. The molecule has 1 saturated heterocycles. The lowest BCUT2D eigenvalue weighted by Crippen LogP contribution is -2.34. The lowest BCUT2D eigenvalue weighted by molar-refractivity contribution is 0.0272. The summed E-state index contributed by atoms with van der Waals surface area (Å²) < 4.78 is 5.39. The van der Waals surface area contributed by atoms with Crippen molar-refractivity contribution in [3.63, 3.8) is 0 Å². The van der Waals surface area contributed by atoms with Gasteiger partial charge in [-0.25, -0.2) is 0 Å². The highest BCUT2D eigenvalue weighted by Crippen LogP contribution is 2.11. The number of rotatable bonds is 2. The number of likely N-dealkylation sites (tertiary alicyclic amines) is 1. The molecule has 0 saturated carbocycles. The molecule has 2 nitrogen and oxygen atoms in total. The molecule has 1 radical (unpaired) electrons. The Morgan fingerprint density at radius 2 is 2.10 bits per heavy atom. The SMILES string of the molecule is [CH2]COC1CCN(C)CC1. The second kappa shape index (κ2) is 3.94. The van der Waals surface area contributed by atoms with E-state index in [0.717, 1.165) is 0 Å². The number of ether oxygens (including phenoxy) is 1. The van der Waals surface area contributed by atoms with Gasteiger partial charge in [0.25, 0.3) is 0 Å². The van der Waals surface area contributed by atoms with Crippen LogP contribution in [0.4, 0.5) is 0 Å². The second-order valence-electron chi connectivity index (χ2n) is 2.87. The molecule has 1 rings (SSSR count). The summed E-state index contributed by atoms with van der Waals surface area (Å²) in [6.45, 7) is 6.62. The third-order valence-electron chi connectivity index (χ3n) is 2.02. The standard InChI is InChI=1S/C8H16NO/c1-3-10-8-4-6-9(2)7-5-8/h8H,1,3-7H2,2H3. The maximum atomic E-state index is 5.39. The van der Waals surface area contributed by atoms with Gasteiger partial charge >= 0.3 is 0 Å². The minimum Gasteiger partial charge on any atom is -0.378 e. The van der Waals surface area contributed by atoms with Gasteiger partial charge in [-0.15, -0.1) is 0 Å². The monoisotopic (exact) mass is 142 g/mol. The second-order valence-corrected chi connectivity index (χ2v) is 2.87. The molecule has 1 fully saturated rings. The van der Waals surface area contributed by atoms with E-state index in [9.17, 15) is 0 Å². The van der Waals surface area contributed by atoms with Crippen molar-refractivity contribution >= 4 is 0 Å². The first-order valence-electron chi connectivity index (χ1n) is 3.92. The summed E-state index contributed by atoms with van der Waals surface area (Å²) in [5, 5.41) is 0. The molecule has 0 spiro atoms. The van der Waals surface area contributed by atoms with E-state index in [1.54, 1.807) is 0 Å². The molecule has 0 amide bonds. The zero-order valence-corrected chi connectivity index (χ0v) is 6.68. The molecule has 2 heteroatoms. The first-order valence-corrected chi connectivity index (χ1v) is 3.92. The van der Waals surface area contributed by atoms with E-state index in [1.807, 2.05) is 0 Å². The van der Waals surface area contributed by atoms with Crippen LogP contribution in [0.25, 0.3) is 0 Å². The van der Waals surface area contributed by atoms with Gasteiger partial charge in [-0.1, -0.05) is 0 Å². The lowest BCUT2D eigenvalue weighted by Gasteiger charge is -2.28. The molecule has 1 aliphatic heterocycles. The van der Waals surface area contributed by atoms with Crippen LogP contribution < -0.4 is 0 Å². The Morgan fingerprint density at radius 3 is 2.60 bits per heavy atom. The van der Waals surface area contributed by atoms with Crippen molar-refractivity contribution in [1.29, 1.82) is 0 Å². The van der Waals surface area contributed by atoms with Crippen LogP contribution in [-0.2, 0) is 4.74 Å². The molecule has 0 aromatic rings. The van der Waals surface area contributed by atoms with Crippen LogP contribution in [0.5, 0.6) is 0 Å². The molecule has 0 aromatic carbocycles. The van der Waals surface area contributed by atoms with Gasteiger partial charge in [0.15, 0.2) is 0 Å². The summed E-state index contributed by atoms with van der Waals surface area (Å²) in [6, 6.07) is 0. The predicted octanol–water partition coefficient (Wildman–Crippen LogP) is 0.931. The van der Waals surface area contributed by atoms with Crippen LogP contribution in [0.15, 0.2) is 0 Å². The van der Waals surface area contributed by atoms with E-state index in [1.165, 1.54) is 25.9 Å². The number of piperidine rings is 1. The summed E-state index contributed by atoms with van der Waals surface area (Å²) in [5.41, 5.74) is 0. The molecule has 1 heterocycles. The van der Waals surface area contributed by atoms with E-state index in [4.69, 9.17) is 4.74 Å². The van der Waals surface area contributed by atoms with Crippen molar-refractivity contribution in [1.82, 2.24) is 4.90 Å². The normalized spacial score (nSPS) is 23.4. The summed E-state index contributed by atoms with van der Waals surface area (Å²) in [4.78, 5) is 2.34. The highest BCUT2D eigenvalue weighted by atomic mass is 16.5. The van der Waals surface area contributed by atoms with Crippen molar-refractivity contribution < 1.29 is 4.74 Å². The third-order valence-corrected chi connectivity index (χ3v) is 2.02. The summed E-state index contributed by atoms with van der Waals surface area (Å²) in [5.74, 6) is 0. The Labute approximate surface area is 63.2 Å². The zero-order chi connectivity index (χ0) is 7.40. The Kier molecular flexibility index (Phi) is 3.16. The molecular weight excluding hydrogens is 126 g/mol. The summed E-state index contributed by atoms with van der Waals surface area (Å²) in [7, 11) is 2.15. The maximum Gasteiger partial charge on any atom is 0.0599 e. The Morgan fingerprint density at radius 1 is 1.50 bits per heavy atom. The summed E-state index contributed by atoms with van der Waals surface area (Å²) in [6.07, 6.45) is 2.83. The van der Waals surface area contributed by atoms with E-state index >= 15 is 0 Å². The molecule has 0 bridgehead atoms. The molecule has 0 N–H and O–H groups in total. The van der Waals surface area contributed by atoms with Crippen LogP contribution in [-0.4, -0.2) is 37.7 Å². The molecule has 0 aliphatic carbocycles. The molecule has 0 atom stereocenters. The Hall–Kier alpha value is -0.0800. The van der Waals surface area contributed by atoms with Crippen LogP contribution in [0, 0.1) is 6.92 Å². The highest BCUT2D eigenvalue weighted by Gasteiger charge is 2.15. The van der Waals surface area contributed by atoms with Crippen molar-refractivity contribution in [2.75, 3.05) is 26.7 Å². The third kappa shape index (κ3) is 2.27. The van der Waals surface area contributed by atoms with Crippen LogP contribution in [0.3, 0.4) is 0 Å². The fourth-order valence-electron chi connectivity index (χ4n) is 1.32. The lowest BCUT2D eigenvalue weighted by atomic mass is 10.1. The number of nitrogens with zero attached hydrogens (tertiary/aromatic N) is 1. The van der Waals surface area contributed by atoms with Crippen LogP contribution in [0.1, 0.15) is 12.8 Å². The fourth-order valence-corrected chi connectivity index (χ4v) is 1.32. The van der Waals surface area contributed by atoms with Gasteiger partial charge in [0.05, 0.1) is 6.10 Å². The molecule has 1 aliphatic rings. The quantitative estimate of drug-likeness (QED) is 0.568. The first kappa shape index (κ1) is 8.02. The smallest absolute Gasteiger partial charge is 0.0599 e. The molecule has 0 unspecified atom stereocenters. The van der Waals surface area contributed by atoms with Gasteiger partial charge in [-0.3, -0.25) is 0 Å². The van der Waals surface area contributed by atoms with Gasteiger partial charge in [-0.2, -0.15) is 0 Å². The average molecular weight is 142 g/mol. The van der Waals surface area contributed by atoms with Crippen molar-refractivity contribution in [2.24, 2.45) is 0 Å². The van der Waals surface area contributed by atoms with Crippen LogP contribution in [0.2, 0.25) is 0 Å². The number of hydrogen-bond donors (Lipinski definition) is 0. The fraction of sp³-hybridized carbons (Fsp3) is 0.875. The Bertz CT molecular complexity index is 87.3. The van der Waals surface area contributed by atoms with Crippen molar-refractivity contribution in [2.45, 2.75) is 18.9 Å². The first-order chi connectivity index (χ1) is 4.83. The van der Waals surface area contributed by atoms with Gasteiger partial charge in [0.1, 0.15) is 0 Å². The van der Waals surface area contributed by atoms with Crippen LogP contribution >= 0.6 is 0 Å². The summed E-state index contributed by atoms with van der Waals surface area (Å²) >= 11 is 0. The largest absolute Gasteiger partial charge is 0.378 e. The van der Waals surface area contributed by atoms with E-state index < -0.39 is 0 Å². The molecule has 0 aromatic heterocycles. The van der Waals surface area contributed by atoms with Crippen molar-refractivity contribution in [3.8, 4) is 0 Å². The molecular formula is C8H16NO. The average Bonchev–Trinajstić information content (AvgIpc) is 1.95. The van der Waals surface area contributed by atoms with Gasteiger partial charge in [0, 0.05) is 19.7 Å². The van der Waals surface area contributed by atoms with E-state index in [-0.39, 0.29) is 0 Å². The van der Waals surface area contributed by atoms with Crippen molar-refractivity contribution in [3.05, 3.63) is 6.92 Å². The van der Waals surface area contributed by atoms with E-state index in [0.29, 0.717) is 12.7 Å². The van der Waals surface area contributed by atoms with E-state index in [2.05, 4.69) is 18.9 Å². The minimum atomic E-state index is 0.480.